The Morgan fingerprint density at radius 1 is 1.19 bits per heavy atom. The first-order valence-corrected chi connectivity index (χ1v) is 12.6. The van der Waals surface area contributed by atoms with Crippen molar-refractivity contribution < 1.29 is 22.2 Å². The topological polar surface area (TPSA) is 63.6 Å². The number of ketones is 1. The van der Waals surface area contributed by atoms with Crippen LogP contribution in [0.15, 0.2) is 0 Å². The molecule has 0 bridgehead atoms. The van der Waals surface area contributed by atoms with Gasteiger partial charge in [0.25, 0.3) is 0 Å². The second-order valence-electron chi connectivity index (χ2n) is 11.7. The molecule has 0 aliphatic heterocycles. The third-order valence-electron chi connectivity index (χ3n) is 10.5. The molecule has 0 aromatic rings. The smallest absolute Gasteiger partial charge is 0.305 e. The lowest BCUT2D eigenvalue weighted by Crippen LogP contribution is -2.60. The van der Waals surface area contributed by atoms with Crippen molar-refractivity contribution in [3.8, 4) is 0 Å². The normalized spacial score (nSPS) is 52.1. The van der Waals surface area contributed by atoms with Crippen molar-refractivity contribution in [1.29, 1.82) is 0 Å². The molecule has 4 saturated carbocycles. The van der Waals surface area contributed by atoms with Crippen LogP contribution >= 0.6 is 0 Å². The van der Waals surface area contributed by atoms with E-state index >= 15 is 0 Å². The molecule has 2 unspecified atom stereocenters. The molecule has 176 valence electrons. The van der Waals surface area contributed by atoms with Gasteiger partial charge in [-0.1, -0.05) is 27.7 Å². The van der Waals surface area contributed by atoms with Crippen LogP contribution in [0.4, 0.5) is 0 Å². The van der Waals surface area contributed by atoms with Crippen LogP contribution in [-0.2, 0) is 14.3 Å². The standard InChI is InChI=1S/C27H44O4/c1-6-18-22-15-17(28)11-13-27(22,4)21-12-14-26(3)19(16(2)7-10-23(29)31-5)8-9-20(26)24(21)25(18)30/h16-22,24,28H,6-15H2,1-5H3/t16-,17-,18?,19-,20+,21+,22+,24+,26-,27-/m1/s1/i6D,18D/t6?,16-,17-,18?,19-,20+,21+,22+,24+,26-,27-. The second-order valence-corrected chi connectivity index (χ2v) is 11.7. The van der Waals surface area contributed by atoms with Gasteiger partial charge in [-0.25, -0.2) is 0 Å². The molecule has 0 amide bonds. The van der Waals surface area contributed by atoms with Crippen molar-refractivity contribution in [2.75, 3.05) is 7.11 Å². The molecule has 4 heteroatoms. The van der Waals surface area contributed by atoms with Gasteiger partial charge < -0.3 is 9.84 Å². The monoisotopic (exact) mass is 434 g/mol. The van der Waals surface area contributed by atoms with Crippen molar-refractivity contribution in [1.82, 2.24) is 0 Å². The van der Waals surface area contributed by atoms with E-state index in [1.807, 2.05) is 0 Å². The molecular formula is C27H44O4. The average molecular weight is 435 g/mol. The number of rotatable bonds is 5. The van der Waals surface area contributed by atoms with E-state index in [4.69, 9.17) is 6.11 Å². The Kier molecular flexibility index (Phi) is 5.65. The molecule has 4 aliphatic carbocycles. The number of ether oxygens (including phenoxy) is 1. The second kappa shape index (κ2) is 8.47. The van der Waals surface area contributed by atoms with Crippen LogP contribution in [0.1, 0.15) is 94.6 Å². The van der Waals surface area contributed by atoms with Crippen LogP contribution in [0, 0.1) is 52.2 Å². The molecular weight excluding hydrogens is 388 g/mol. The molecule has 0 heterocycles. The lowest BCUT2D eigenvalue weighted by molar-refractivity contribution is -0.173. The summed E-state index contributed by atoms with van der Waals surface area (Å²) in [4.78, 5) is 25.9. The van der Waals surface area contributed by atoms with Crippen LogP contribution in [0.3, 0.4) is 0 Å². The number of aliphatic hydroxyl groups excluding tert-OH is 1. The highest BCUT2D eigenvalue weighted by molar-refractivity contribution is 5.86. The van der Waals surface area contributed by atoms with Gasteiger partial charge in [-0.3, -0.25) is 9.59 Å². The van der Waals surface area contributed by atoms with Gasteiger partial charge in [-0.05, 0) is 98.2 Å². The van der Waals surface area contributed by atoms with Crippen LogP contribution < -0.4 is 0 Å². The minimum Gasteiger partial charge on any atom is -0.469 e. The Hall–Kier alpha value is -0.900. The Bertz CT molecular complexity index is 786. The third kappa shape index (κ3) is 3.60. The molecule has 0 radical (unpaired) electrons. The molecule has 4 aliphatic rings. The number of hydrogen-bond acceptors (Lipinski definition) is 4. The minimum absolute atomic E-state index is 0.00892. The first-order chi connectivity index (χ1) is 15.4. The summed E-state index contributed by atoms with van der Waals surface area (Å²) in [6.07, 6.45) is 6.21. The quantitative estimate of drug-likeness (QED) is 0.588. The third-order valence-corrected chi connectivity index (χ3v) is 10.5. The molecule has 4 nitrogen and oxygen atoms in total. The Balaban J connectivity index is 1.66. The molecule has 0 saturated heterocycles. The first-order valence-electron chi connectivity index (χ1n) is 13.7. The van der Waals surface area contributed by atoms with Gasteiger partial charge in [0.1, 0.15) is 5.78 Å². The summed E-state index contributed by atoms with van der Waals surface area (Å²) < 4.78 is 22.9. The predicted octanol–water partition coefficient (Wildman–Crippen LogP) is 5.41. The number of hydrogen-bond donors (Lipinski definition) is 1. The minimum atomic E-state index is -1.44. The summed E-state index contributed by atoms with van der Waals surface area (Å²) in [6, 6.07) is 0. The number of Topliss-reactive ketones (excluding diaryl/α,β-unsaturated/α-hetero) is 1. The molecule has 4 rings (SSSR count). The van der Waals surface area contributed by atoms with E-state index in [1.54, 1.807) is 6.92 Å². The SMILES string of the molecule is [2H]C(C)C1([2H])C(=O)[C@H]2[C@@H]3CC[C@H]([C@H](C)CCC(=O)OC)[C@@]3(C)CC[C@@H]2[C@@]2(C)CC[C@@H](O)C[C@@H]12. The summed E-state index contributed by atoms with van der Waals surface area (Å²) in [5.74, 6) is -0.640. The molecule has 0 spiro atoms. The number of fused-ring (bicyclic) bond motifs is 5. The Morgan fingerprint density at radius 2 is 1.87 bits per heavy atom. The maximum Gasteiger partial charge on any atom is 0.305 e. The summed E-state index contributed by atoms with van der Waals surface area (Å²) in [5.41, 5.74) is -0.124. The summed E-state index contributed by atoms with van der Waals surface area (Å²) in [6.45, 7) is 8.59. The summed E-state index contributed by atoms with van der Waals surface area (Å²) in [7, 11) is 1.44. The van der Waals surface area contributed by atoms with Crippen molar-refractivity contribution in [2.24, 2.45) is 52.2 Å². The first kappa shape index (κ1) is 20.7. The average Bonchev–Trinajstić information content (AvgIpc) is 3.13. The molecule has 0 aromatic carbocycles. The van der Waals surface area contributed by atoms with Crippen molar-refractivity contribution in [3.05, 3.63) is 0 Å². The molecule has 11 atom stereocenters. The number of aliphatic hydroxyl groups is 1. The molecule has 4 fully saturated rings. The fraction of sp³-hybridized carbons (Fsp3) is 0.926. The van der Waals surface area contributed by atoms with Gasteiger partial charge in [0.15, 0.2) is 0 Å². The van der Waals surface area contributed by atoms with Gasteiger partial charge >= 0.3 is 5.97 Å². The van der Waals surface area contributed by atoms with Crippen LogP contribution in [-0.4, -0.2) is 30.1 Å². The van der Waals surface area contributed by atoms with E-state index in [2.05, 4.69) is 20.8 Å². The van der Waals surface area contributed by atoms with Crippen LogP contribution in [0.5, 0.6) is 0 Å². The lowest BCUT2D eigenvalue weighted by Gasteiger charge is -2.62. The highest BCUT2D eigenvalue weighted by Gasteiger charge is 2.65. The number of carbonyl (C=O) groups is 2. The highest BCUT2D eigenvalue weighted by atomic mass is 16.5. The lowest BCUT2D eigenvalue weighted by atomic mass is 9.42. The van der Waals surface area contributed by atoms with Gasteiger partial charge in [0.2, 0.25) is 0 Å². The fourth-order valence-corrected chi connectivity index (χ4v) is 8.81. The summed E-state index contributed by atoms with van der Waals surface area (Å²) >= 11 is 0. The number of methoxy groups -OCH3 is 1. The van der Waals surface area contributed by atoms with Gasteiger partial charge in [-0.2, -0.15) is 0 Å². The zero-order chi connectivity index (χ0) is 24.3. The van der Waals surface area contributed by atoms with Crippen molar-refractivity contribution in [2.45, 2.75) is 98.0 Å². The number of esters is 1. The fourth-order valence-electron chi connectivity index (χ4n) is 8.81. The van der Waals surface area contributed by atoms with Crippen molar-refractivity contribution >= 4 is 11.8 Å². The van der Waals surface area contributed by atoms with Gasteiger partial charge in [0.05, 0.1) is 13.2 Å². The molecule has 31 heavy (non-hydrogen) atoms. The maximum atomic E-state index is 14.2. The van der Waals surface area contributed by atoms with Crippen LogP contribution in [0.25, 0.3) is 0 Å². The van der Waals surface area contributed by atoms with E-state index in [-0.39, 0.29) is 46.3 Å². The van der Waals surface area contributed by atoms with E-state index in [1.165, 1.54) is 7.11 Å². The zero-order valence-corrected chi connectivity index (χ0v) is 20.2. The Labute approximate surface area is 191 Å². The highest BCUT2D eigenvalue weighted by Crippen LogP contribution is 2.68. The van der Waals surface area contributed by atoms with E-state index in [0.717, 1.165) is 44.9 Å². The van der Waals surface area contributed by atoms with Gasteiger partial charge in [-0.15, -0.1) is 0 Å². The zero-order valence-electron chi connectivity index (χ0n) is 22.2. The molecule has 1 N–H and O–H groups in total. The maximum absolute atomic E-state index is 14.2. The van der Waals surface area contributed by atoms with E-state index in [0.29, 0.717) is 24.7 Å². The largest absolute Gasteiger partial charge is 0.469 e. The van der Waals surface area contributed by atoms with Crippen molar-refractivity contribution in [3.63, 3.8) is 0 Å². The predicted molar refractivity (Wildman–Crippen MR) is 121 cm³/mol. The summed E-state index contributed by atoms with van der Waals surface area (Å²) in [5, 5.41) is 10.5. The Morgan fingerprint density at radius 3 is 2.55 bits per heavy atom. The van der Waals surface area contributed by atoms with E-state index < -0.39 is 18.4 Å². The van der Waals surface area contributed by atoms with E-state index in [9.17, 15) is 16.1 Å². The number of carbonyl (C=O) groups excluding carboxylic acids is 2. The molecule has 0 aromatic heterocycles. The van der Waals surface area contributed by atoms with Gasteiger partial charge in [0, 0.05) is 21.0 Å². The van der Waals surface area contributed by atoms with Crippen LogP contribution in [0.2, 0.25) is 0 Å².